The molecule has 6 rings (SSSR count). The third-order valence-electron chi connectivity index (χ3n) is 7.96. The highest BCUT2D eigenvalue weighted by atomic mass is 19.3. The van der Waals surface area contributed by atoms with Crippen molar-refractivity contribution in [3.05, 3.63) is 65.7 Å². The van der Waals surface area contributed by atoms with E-state index in [1.165, 1.54) is 29.5 Å². The maximum atomic E-state index is 14.8. The van der Waals surface area contributed by atoms with E-state index >= 15 is 0 Å². The van der Waals surface area contributed by atoms with Crippen LogP contribution in [0.3, 0.4) is 0 Å². The second-order valence-corrected chi connectivity index (χ2v) is 10.8. The van der Waals surface area contributed by atoms with Gasteiger partial charge >= 0.3 is 6.43 Å². The first-order valence-corrected chi connectivity index (χ1v) is 13.6. The van der Waals surface area contributed by atoms with E-state index in [9.17, 15) is 13.2 Å². The van der Waals surface area contributed by atoms with Crippen LogP contribution < -0.4 is 0 Å². The van der Waals surface area contributed by atoms with Crippen molar-refractivity contribution in [2.75, 3.05) is 26.2 Å². The summed E-state index contributed by atoms with van der Waals surface area (Å²) >= 11 is 0. The minimum absolute atomic E-state index is 0.0544. The van der Waals surface area contributed by atoms with E-state index in [2.05, 4.69) is 67.3 Å². The Bertz CT molecular complexity index is 1460. The second-order valence-electron chi connectivity index (χ2n) is 10.8. The van der Waals surface area contributed by atoms with Crippen LogP contribution in [-0.2, 0) is 6.54 Å². The Balaban J connectivity index is 1.08. The number of benzene rings is 1. The van der Waals surface area contributed by atoms with Gasteiger partial charge in [0.15, 0.2) is 0 Å². The average molecular weight is 553 g/mol. The summed E-state index contributed by atoms with van der Waals surface area (Å²) in [6, 6.07) is 10.9. The Hall–Kier alpha value is -3.64. The van der Waals surface area contributed by atoms with Crippen LogP contribution in [0.4, 0.5) is 13.2 Å². The molecule has 2 aliphatic heterocycles. The smallest absolute Gasteiger partial charge is 0.314 e. The van der Waals surface area contributed by atoms with E-state index in [0.717, 1.165) is 37.6 Å². The normalized spacial score (nSPS) is 17.7. The average Bonchev–Trinajstić information content (AvgIpc) is 3.60. The number of halogens is 3. The van der Waals surface area contributed by atoms with E-state index in [4.69, 9.17) is 4.42 Å². The maximum absolute atomic E-state index is 14.8. The Morgan fingerprint density at radius 3 is 2.52 bits per heavy atom. The monoisotopic (exact) mass is 552 g/mol. The first kappa shape index (κ1) is 26.6. The van der Waals surface area contributed by atoms with Crippen LogP contribution in [0.5, 0.6) is 0 Å². The molecule has 9 nitrogen and oxygen atoms in total. The number of hydrogen-bond acceptors (Lipinski definition) is 8. The highest BCUT2D eigenvalue weighted by molar-refractivity contribution is 5.59. The van der Waals surface area contributed by atoms with Gasteiger partial charge < -0.3 is 4.42 Å². The molecule has 5 heterocycles. The first-order valence-electron chi connectivity index (χ1n) is 13.6. The Morgan fingerprint density at radius 1 is 1.02 bits per heavy atom. The fraction of sp³-hybridized carbons (Fsp3) is 0.464. The molecule has 0 spiro atoms. The summed E-state index contributed by atoms with van der Waals surface area (Å²) in [5, 5.41) is 15.3. The lowest BCUT2D eigenvalue weighted by Gasteiger charge is -2.49. The summed E-state index contributed by atoms with van der Waals surface area (Å²) in [6.45, 7) is 9.18. The van der Waals surface area contributed by atoms with E-state index in [1.54, 1.807) is 6.20 Å². The number of pyridine rings is 1. The summed E-state index contributed by atoms with van der Waals surface area (Å²) in [6.07, 6.45) is 2.45. The van der Waals surface area contributed by atoms with Gasteiger partial charge in [0.25, 0.3) is 5.89 Å². The molecule has 0 bridgehead atoms. The molecular formula is C28H31F3N8O. The Labute approximate surface area is 230 Å². The number of hydrogen-bond donors (Lipinski definition) is 0. The molecule has 0 saturated carbocycles. The minimum atomic E-state index is -2.90. The zero-order valence-electron chi connectivity index (χ0n) is 22.4. The molecule has 2 saturated heterocycles. The van der Waals surface area contributed by atoms with Gasteiger partial charge in [-0.2, -0.15) is 8.78 Å². The van der Waals surface area contributed by atoms with Gasteiger partial charge in [-0.25, -0.2) is 9.07 Å². The van der Waals surface area contributed by atoms with Crippen molar-refractivity contribution in [2.24, 2.45) is 0 Å². The fourth-order valence-corrected chi connectivity index (χ4v) is 5.49. The van der Waals surface area contributed by atoms with Crippen LogP contribution in [0, 0.1) is 5.82 Å². The third-order valence-corrected chi connectivity index (χ3v) is 7.96. The SMILES string of the molecule is CC(C)N1CC(N2CCC(c3cccc(-c4cn(Cc5ncc(-c6nnc(C(F)F)o6)cc5F)nn4)c3)CC2)C1. The van der Waals surface area contributed by atoms with Gasteiger partial charge in [0.1, 0.15) is 11.5 Å². The summed E-state index contributed by atoms with van der Waals surface area (Å²) < 4.78 is 46.6. The van der Waals surface area contributed by atoms with Crippen molar-refractivity contribution in [3.63, 3.8) is 0 Å². The highest BCUT2D eigenvalue weighted by Gasteiger charge is 2.35. The predicted molar refractivity (Wildman–Crippen MR) is 141 cm³/mol. The van der Waals surface area contributed by atoms with Crippen molar-refractivity contribution in [3.8, 4) is 22.7 Å². The van der Waals surface area contributed by atoms with Gasteiger partial charge in [0.05, 0.1) is 24.0 Å². The molecule has 0 N–H and O–H groups in total. The van der Waals surface area contributed by atoms with E-state index < -0.39 is 18.1 Å². The highest BCUT2D eigenvalue weighted by Crippen LogP contribution is 2.32. The maximum Gasteiger partial charge on any atom is 0.314 e. The Morgan fingerprint density at radius 2 is 1.82 bits per heavy atom. The molecular weight excluding hydrogens is 521 g/mol. The lowest BCUT2D eigenvalue weighted by atomic mass is 9.87. The second kappa shape index (κ2) is 11.1. The molecule has 40 heavy (non-hydrogen) atoms. The van der Waals surface area contributed by atoms with Crippen LogP contribution in [0.25, 0.3) is 22.7 Å². The summed E-state index contributed by atoms with van der Waals surface area (Å²) in [4.78, 5) is 9.29. The van der Waals surface area contributed by atoms with Crippen molar-refractivity contribution in [1.82, 2.24) is 40.0 Å². The zero-order valence-corrected chi connectivity index (χ0v) is 22.4. The first-order chi connectivity index (χ1) is 19.3. The van der Waals surface area contributed by atoms with Gasteiger partial charge in [0, 0.05) is 36.9 Å². The summed E-state index contributed by atoms with van der Waals surface area (Å²) in [5.41, 5.74) is 3.21. The molecule has 210 valence electrons. The molecule has 1 aromatic carbocycles. The van der Waals surface area contributed by atoms with Crippen molar-refractivity contribution in [2.45, 2.75) is 57.7 Å². The number of likely N-dealkylation sites (tertiary alicyclic amines) is 2. The van der Waals surface area contributed by atoms with Gasteiger partial charge in [-0.1, -0.05) is 23.4 Å². The molecule has 0 radical (unpaired) electrons. The van der Waals surface area contributed by atoms with Crippen LogP contribution in [0.15, 0.2) is 47.1 Å². The van der Waals surface area contributed by atoms with Gasteiger partial charge in [-0.3, -0.25) is 14.8 Å². The lowest BCUT2D eigenvalue weighted by molar-refractivity contribution is 0.00272. The minimum Gasteiger partial charge on any atom is -0.415 e. The molecule has 0 atom stereocenters. The standard InChI is InChI=1S/C28H31F3N8O/c1-17(2)38-13-22(14-38)37-8-6-18(7-9-37)19-4-3-5-20(10-19)24-15-39(36-33-24)16-25-23(29)11-21(12-32-25)27-34-35-28(40-27)26(30)31/h3-5,10-12,15,17-18,22,26H,6-9,13-14,16H2,1-2H3. The van der Waals surface area contributed by atoms with Crippen molar-refractivity contribution in [1.29, 1.82) is 0 Å². The fourth-order valence-electron chi connectivity index (χ4n) is 5.49. The number of aromatic nitrogens is 6. The van der Waals surface area contributed by atoms with Crippen LogP contribution in [-0.4, -0.2) is 78.2 Å². The van der Waals surface area contributed by atoms with Crippen LogP contribution in [0.1, 0.15) is 56.2 Å². The molecule has 0 aliphatic carbocycles. The van der Waals surface area contributed by atoms with Crippen LogP contribution >= 0.6 is 0 Å². The molecule has 2 fully saturated rings. The molecule has 0 amide bonds. The summed E-state index contributed by atoms with van der Waals surface area (Å²) in [7, 11) is 0. The van der Waals surface area contributed by atoms with Crippen molar-refractivity contribution >= 4 is 0 Å². The number of rotatable bonds is 8. The number of nitrogens with zero attached hydrogens (tertiary/aromatic N) is 8. The summed E-state index contributed by atoms with van der Waals surface area (Å²) in [5.74, 6) is -1.17. The Kier molecular flexibility index (Phi) is 7.37. The van der Waals surface area contributed by atoms with Crippen molar-refractivity contribution < 1.29 is 17.6 Å². The lowest BCUT2D eigenvalue weighted by Crippen LogP contribution is -2.62. The molecule has 3 aromatic heterocycles. The largest absolute Gasteiger partial charge is 0.415 e. The third kappa shape index (κ3) is 5.50. The molecule has 0 unspecified atom stereocenters. The molecule has 12 heteroatoms. The molecule has 2 aliphatic rings. The van der Waals surface area contributed by atoms with Gasteiger partial charge in [-0.15, -0.1) is 15.3 Å². The van der Waals surface area contributed by atoms with Gasteiger partial charge in [0.2, 0.25) is 5.89 Å². The molecule has 4 aromatic rings. The van der Waals surface area contributed by atoms with E-state index in [0.29, 0.717) is 23.7 Å². The zero-order chi connectivity index (χ0) is 27.8. The quantitative estimate of drug-likeness (QED) is 0.309. The topological polar surface area (TPSA) is 89.0 Å². The number of alkyl halides is 2. The van der Waals surface area contributed by atoms with E-state index in [-0.39, 0.29) is 23.7 Å². The number of piperidine rings is 1. The van der Waals surface area contributed by atoms with E-state index in [1.807, 2.05) is 6.07 Å². The van der Waals surface area contributed by atoms with Gasteiger partial charge in [-0.05, 0) is 63.4 Å². The predicted octanol–water partition coefficient (Wildman–Crippen LogP) is 4.79. The van der Waals surface area contributed by atoms with Crippen LogP contribution in [0.2, 0.25) is 0 Å².